The lowest BCUT2D eigenvalue weighted by Crippen LogP contribution is -2.31. The summed E-state index contributed by atoms with van der Waals surface area (Å²) >= 11 is 1.54. The molecule has 0 spiro atoms. The van der Waals surface area contributed by atoms with Gasteiger partial charge in [0.2, 0.25) is 0 Å². The molecule has 1 atom stereocenters. The molecule has 5 rings (SSSR count). The number of anilines is 2. The van der Waals surface area contributed by atoms with Gasteiger partial charge in [0.25, 0.3) is 0 Å². The van der Waals surface area contributed by atoms with Gasteiger partial charge in [0.1, 0.15) is 18.0 Å². The molecule has 6 heteroatoms. The minimum absolute atomic E-state index is 0.133. The zero-order valence-electron chi connectivity index (χ0n) is 18.1. The first-order chi connectivity index (χ1) is 15.4. The van der Waals surface area contributed by atoms with Crippen molar-refractivity contribution >= 4 is 28.5 Å². The second-order valence-electron chi connectivity index (χ2n) is 9.17. The Morgan fingerprint density at radius 2 is 1.88 bits per heavy atom. The third-order valence-electron chi connectivity index (χ3n) is 5.94. The number of Topliss-reactive ketones (excluding diaryl/α,β-unsaturated/α-hetero) is 1. The number of carbonyl (C=O) groups is 1. The third-order valence-corrected chi connectivity index (χ3v) is 7.00. The van der Waals surface area contributed by atoms with E-state index in [9.17, 15) is 9.90 Å². The van der Waals surface area contributed by atoms with Gasteiger partial charge in [0.05, 0.1) is 11.7 Å². The first-order valence-electron chi connectivity index (χ1n) is 10.8. The Labute approximate surface area is 191 Å². The standard InChI is InChI=1S/C26H26N2O3S/c1-26(2)13-18-23(20(30)14-26)25(27-17-9-6-10-19(29)24(17)28-18)21-11-12-22(32-21)31-15-16-7-4-3-5-8-16/h3-12,25,27-29H,13-15H2,1-2H3. The predicted octanol–water partition coefficient (Wildman–Crippen LogP) is 6.25. The SMILES string of the molecule is CC1(C)CC(=O)C2=C(C1)Nc1c(O)cccc1NC2c1ccc(OCc2ccccc2)s1. The van der Waals surface area contributed by atoms with Crippen molar-refractivity contribution in [3.63, 3.8) is 0 Å². The highest BCUT2D eigenvalue weighted by molar-refractivity contribution is 7.14. The van der Waals surface area contributed by atoms with Gasteiger partial charge in [-0.2, -0.15) is 0 Å². The molecule has 3 N–H and O–H groups in total. The fourth-order valence-electron chi connectivity index (χ4n) is 4.46. The number of phenolic OH excluding ortho intramolecular Hbond substituents is 1. The van der Waals surface area contributed by atoms with E-state index in [0.29, 0.717) is 18.7 Å². The number of ether oxygens (including phenoxy) is 1. The number of fused-ring (bicyclic) bond motifs is 1. The number of thiophene rings is 1. The first kappa shape index (κ1) is 20.6. The van der Waals surface area contributed by atoms with Crippen LogP contribution in [0.4, 0.5) is 11.4 Å². The lowest BCUT2D eigenvalue weighted by atomic mass is 9.74. The number of ketones is 1. The summed E-state index contributed by atoms with van der Waals surface area (Å²) in [6, 6.07) is 19.1. The van der Waals surface area contributed by atoms with Gasteiger partial charge in [-0.3, -0.25) is 4.79 Å². The molecule has 164 valence electrons. The van der Waals surface area contributed by atoms with E-state index in [-0.39, 0.29) is 23.0 Å². The van der Waals surface area contributed by atoms with Crippen LogP contribution in [0, 0.1) is 5.41 Å². The van der Waals surface area contributed by atoms with Gasteiger partial charge in [0, 0.05) is 22.6 Å². The van der Waals surface area contributed by atoms with Crippen molar-refractivity contribution in [1.82, 2.24) is 0 Å². The third kappa shape index (κ3) is 3.98. The van der Waals surface area contributed by atoms with Crippen LogP contribution in [-0.2, 0) is 11.4 Å². The lowest BCUT2D eigenvalue weighted by Gasteiger charge is -2.33. The Morgan fingerprint density at radius 3 is 2.69 bits per heavy atom. The van der Waals surface area contributed by atoms with Crippen LogP contribution < -0.4 is 15.4 Å². The highest BCUT2D eigenvalue weighted by Crippen LogP contribution is 2.48. The molecule has 5 nitrogen and oxygen atoms in total. The minimum atomic E-state index is -0.303. The number of para-hydroxylation sites is 1. The molecule has 1 aliphatic carbocycles. The first-order valence-corrected chi connectivity index (χ1v) is 11.6. The maximum atomic E-state index is 13.3. The van der Waals surface area contributed by atoms with Gasteiger partial charge < -0.3 is 20.5 Å². The van der Waals surface area contributed by atoms with E-state index in [0.717, 1.165) is 38.9 Å². The molecule has 2 aliphatic rings. The van der Waals surface area contributed by atoms with Crippen LogP contribution in [-0.4, -0.2) is 10.9 Å². The monoisotopic (exact) mass is 446 g/mol. The molecule has 0 amide bonds. The second kappa shape index (κ2) is 8.02. The normalized spacial score (nSPS) is 19.3. The van der Waals surface area contributed by atoms with E-state index in [1.807, 2.05) is 48.5 Å². The molecule has 1 aliphatic heterocycles. The molecule has 0 radical (unpaired) electrons. The second-order valence-corrected chi connectivity index (χ2v) is 10.2. The summed E-state index contributed by atoms with van der Waals surface area (Å²) in [5.41, 5.74) is 3.99. The number of aromatic hydroxyl groups is 1. The van der Waals surface area contributed by atoms with Crippen LogP contribution in [0.15, 0.2) is 71.9 Å². The molecule has 1 aromatic heterocycles. The van der Waals surface area contributed by atoms with E-state index in [1.165, 1.54) is 0 Å². The maximum absolute atomic E-state index is 13.3. The van der Waals surface area contributed by atoms with E-state index in [4.69, 9.17) is 4.74 Å². The molecule has 32 heavy (non-hydrogen) atoms. The largest absolute Gasteiger partial charge is 0.506 e. The van der Waals surface area contributed by atoms with Crippen LogP contribution >= 0.6 is 11.3 Å². The highest BCUT2D eigenvalue weighted by atomic mass is 32.1. The predicted molar refractivity (Wildman–Crippen MR) is 128 cm³/mol. The van der Waals surface area contributed by atoms with Gasteiger partial charge in [-0.25, -0.2) is 0 Å². The summed E-state index contributed by atoms with van der Waals surface area (Å²) in [7, 11) is 0. The quantitative estimate of drug-likeness (QED) is 0.413. The molecular formula is C26H26N2O3S. The Bertz CT molecular complexity index is 1200. The van der Waals surface area contributed by atoms with E-state index in [1.54, 1.807) is 23.5 Å². The number of rotatable bonds is 4. The van der Waals surface area contributed by atoms with Crippen molar-refractivity contribution in [2.45, 2.75) is 39.3 Å². The number of phenols is 1. The molecule has 1 unspecified atom stereocenters. The summed E-state index contributed by atoms with van der Waals surface area (Å²) < 4.78 is 6.01. The highest BCUT2D eigenvalue weighted by Gasteiger charge is 2.39. The molecule has 0 saturated heterocycles. The smallest absolute Gasteiger partial charge is 0.174 e. The molecule has 0 fully saturated rings. The van der Waals surface area contributed by atoms with Crippen LogP contribution in [0.2, 0.25) is 0 Å². The zero-order valence-corrected chi connectivity index (χ0v) is 19.0. The van der Waals surface area contributed by atoms with Crippen molar-refractivity contribution in [2.24, 2.45) is 5.41 Å². The molecular weight excluding hydrogens is 420 g/mol. The molecule has 3 aromatic rings. The fraction of sp³-hybridized carbons (Fsp3) is 0.269. The van der Waals surface area contributed by atoms with Gasteiger partial charge >= 0.3 is 0 Å². The minimum Gasteiger partial charge on any atom is -0.506 e. The average molecular weight is 447 g/mol. The van der Waals surface area contributed by atoms with Crippen molar-refractivity contribution in [1.29, 1.82) is 0 Å². The van der Waals surface area contributed by atoms with Crippen LogP contribution in [0.25, 0.3) is 0 Å². The van der Waals surface area contributed by atoms with Gasteiger partial charge in [-0.05, 0) is 41.7 Å². The van der Waals surface area contributed by atoms with E-state index in [2.05, 4.69) is 24.5 Å². The van der Waals surface area contributed by atoms with Crippen LogP contribution in [0.1, 0.15) is 43.2 Å². The molecule has 2 aromatic carbocycles. The molecule has 0 saturated carbocycles. The van der Waals surface area contributed by atoms with Gasteiger partial charge in [-0.1, -0.05) is 50.2 Å². The van der Waals surface area contributed by atoms with Gasteiger partial charge in [-0.15, -0.1) is 11.3 Å². The zero-order chi connectivity index (χ0) is 22.3. The Morgan fingerprint density at radius 1 is 1.06 bits per heavy atom. The number of hydrogen-bond acceptors (Lipinski definition) is 6. The average Bonchev–Trinajstić information content (AvgIpc) is 3.15. The Hall–Kier alpha value is -3.25. The van der Waals surface area contributed by atoms with Gasteiger partial charge in [0.15, 0.2) is 10.8 Å². The number of hydrogen-bond donors (Lipinski definition) is 3. The number of benzene rings is 2. The molecule has 0 bridgehead atoms. The number of allylic oxidation sites excluding steroid dienone is 1. The lowest BCUT2D eigenvalue weighted by molar-refractivity contribution is -0.118. The van der Waals surface area contributed by atoms with Crippen molar-refractivity contribution in [2.75, 3.05) is 10.6 Å². The van der Waals surface area contributed by atoms with Crippen molar-refractivity contribution < 1.29 is 14.6 Å². The van der Waals surface area contributed by atoms with Crippen molar-refractivity contribution in [3.05, 3.63) is 82.4 Å². The maximum Gasteiger partial charge on any atom is 0.174 e. The van der Waals surface area contributed by atoms with Crippen molar-refractivity contribution in [3.8, 4) is 10.8 Å². The van der Waals surface area contributed by atoms with Crippen LogP contribution in [0.3, 0.4) is 0 Å². The summed E-state index contributed by atoms with van der Waals surface area (Å²) in [4.78, 5) is 14.3. The topological polar surface area (TPSA) is 70.6 Å². The Balaban J connectivity index is 1.50. The molecule has 2 heterocycles. The van der Waals surface area contributed by atoms with Crippen LogP contribution in [0.5, 0.6) is 10.8 Å². The number of carbonyl (C=O) groups excluding carboxylic acids is 1. The fourth-order valence-corrected chi connectivity index (χ4v) is 5.38. The van der Waals surface area contributed by atoms with E-state index >= 15 is 0 Å². The Kier molecular flexibility index (Phi) is 5.18. The summed E-state index contributed by atoms with van der Waals surface area (Å²) in [6.45, 7) is 4.71. The summed E-state index contributed by atoms with van der Waals surface area (Å²) in [6.07, 6.45) is 1.24. The summed E-state index contributed by atoms with van der Waals surface area (Å²) in [5, 5.41) is 18.2. The summed E-state index contributed by atoms with van der Waals surface area (Å²) in [5.74, 6) is 0.296. The van der Waals surface area contributed by atoms with E-state index < -0.39 is 0 Å². The number of nitrogens with one attached hydrogen (secondary N) is 2.